The third-order valence-electron chi connectivity index (χ3n) is 5.23. The van der Waals surface area contributed by atoms with E-state index in [1.807, 2.05) is 30.3 Å². The molecule has 8 heteroatoms. The van der Waals surface area contributed by atoms with Crippen LogP contribution in [0.2, 0.25) is 0 Å². The van der Waals surface area contributed by atoms with E-state index >= 15 is 0 Å². The molecule has 1 aliphatic rings. The van der Waals surface area contributed by atoms with Gasteiger partial charge in [-0.15, -0.1) is 0 Å². The molecule has 0 spiro atoms. The van der Waals surface area contributed by atoms with Crippen molar-refractivity contribution in [2.24, 2.45) is 5.92 Å². The van der Waals surface area contributed by atoms with E-state index in [0.717, 1.165) is 49.5 Å². The van der Waals surface area contributed by atoms with Crippen LogP contribution in [0.4, 0.5) is 0 Å². The first kappa shape index (κ1) is 24.6. The SMILES string of the molecule is CCC(C)C(C(=O)OC1CC[N+](C)(C)CC1)c1ccccc1.COS(=O)(=O)[O-]. The van der Waals surface area contributed by atoms with Gasteiger partial charge in [-0.25, -0.2) is 8.42 Å². The maximum atomic E-state index is 12.7. The number of carbonyl (C=O) groups excluding carboxylic acids is 1. The van der Waals surface area contributed by atoms with Crippen molar-refractivity contribution in [2.45, 2.75) is 45.1 Å². The third-order valence-corrected chi connectivity index (χ3v) is 5.63. The van der Waals surface area contributed by atoms with Crippen molar-refractivity contribution in [3.63, 3.8) is 0 Å². The average Bonchev–Trinajstić information content (AvgIpc) is 2.64. The molecule has 0 radical (unpaired) electrons. The number of esters is 1. The molecule has 2 unspecified atom stereocenters. The van der Waals surface area contributed by atoms with Gasteiger partial charge in [-0.1, -0.05) is 50.6 Å². The summed E-state index contributed by atoms with van der Waals surface area (Å²) in [5, 5.41) is 0. The van der Waals surface area contributed by atoms with Crippen LogP contribution in [-0.2, 0) is 24.1 Å². The van der Waals surface area contributed by atoms with Gasteiger partial charge >= 0.3 is 5.97 Å². The molecule has 1 aromatic rings. The monoisotopic (exact) mass is 415 g/mol. The Labute approximate surface area is 169 Å². The largest absolute Gasteiger partial charge is 0.726 e. The maximum absolute atomic E-state index is 12.7. The summed E-state index contributed by atoms with van der Waals surface area (Å²) >= 11 is 0. The minimum absolute atomic E-state index is 0.0437. The fourth-order valence-electron chi connectivity index (χ4n) is 3.19. The highest BCUT2D eigenvalue weighted by atomic mass is 32.3. The zero-order chi connectivity index (χ0) is 21.4. The minimum atomic E-state index is -4.41. The van der Waals surface area contributed by atoms with Gasteiger partial charge in [0.05, 0.1) is 40.2 Å². The van der Waals surface area contributed by atoms with Gasteiger partial charge in [0, 0.05) is 12.8 Å². The number of carbonyl (C=O) groups is 1. The molecule has 2 rings (SSSR count). The molecule has 0 saturated carbocycles. The van der Waals surface area contributed by atoms with Gasteiger partial charge in [0.15, 0.2) is 0 Å². The standard InChI is InChI=1S/C19H30NO2.CH4O4S/c1-5-15(2)18(16-9-7-6-8-10-16)19(21)22-17-11-13-20(3,4)14-12-17;1-5-6(2,3)4/h6-10,15,17-18H,5,11-14H2,1-4H3;1H3,(H,2,3,4)/q+1;/p-1. The van der Waals surface area contributed by atoms with Crippen LogP contribution in [0.5, 0.6) is 0 Å². The van der Waals surface area contributed by atoms with Gasteiger partial charge in [-0.05, 0) is 11.5 Å². The Morgan fingerprint density at radius 2 is 1.71 bits per heavy atom. The second kappa shape index (κ2) is 10.9. The molecule has 1 aliphatic heterocycles. The zero-order valence-corrected chi connectivity index (χ0v) is 18.3. The van der Waals surface area contributed by atoms with Crippen LogP contribution < -0.4 is 0 Å². The van der Waals surface area contributed by atoms with Gasteiger partial charge in [0.1, 0.15) is 6.10 Å². The summed E-state index contributed by atoms with van der Waals surface area (Å²) in [6, 6.07) is 10.1. The molecule has 0 N–H and O–H groups in total. The van der Waals surface area contributed by atoms with E-state index in [9.17, 15) is 17.8 Å². The van der Waals surface area contributed by atoms with E-state index in [1.165, 1.54) is 0 Å². The van der Waals surface area contributed by atoms with Gasteiger partial charge in [0.25, 0.3) is 0 Å². The normalized spacial score (nSPS) is 19.1. The third kappa shape index (κ3) is 8.68. The molecule has 2 atom stereocenters. The summed E-state index contributed by atoms with van der Waals surface area (Å²) < 4.78 is 37.9. The Balaban J connectivity index is 0.000000568. The Hall–Kier alpha value is -1.48. The maximum Gasteiger partial charge on any atom is 0.313 e. The van der Waals surface area contributed by atoms with Gasteiger partial charge < -0.3 is 13.8 Å². The average molecular weight is 416 g/mol. The first-order valence-corrected chi connectivity index (χ1v) is 10.9. The number of hydrogen-bond acceptors (Lipinski definition) is 6. The Kier molecular flexibility index (Phi) is 9.56. The molecule has 0 amide bonds. The van der Waals surface area contributed by atoms with Crippen molar-refractivity contribution in [3.05, 3.63) is 35.9 Å². The second-order valence-corrected chi connectivity index (χ2v) is 9.02. The summed E-state index contributed by atoms with van der Waals surface area (Å²) in [5.74, 6) is 0.110. The molecule has 7 nitrogen and oxygen atoms in total. The zero-order valence-electron chi connectivity index (χ0n) is 17.5. The highest BCUT2D eigenvalue weighted by molar-refractivity contribution is 7.80. The van der Waals surface area contributed by atoms with Crippen molar-refractivity contribution in [2.75, 3.05) is 34.3 Å². The number of piperidine rings is 1. The number of rotatable bonds is 6. The van der Waals surface area contributed by atoms with Crippen LogP contribution in [-0.4, -0.2) is 63.8 Å². The highest BCUT2D eigenvalue weighted by Gasteiger charge is 2.33. The molecule has 0 aromatic heterocycles. The van der Waals surface area contributed by atoms with E-state index < -0.39 is 10.4 Å². The molecule has 1 aromatic carbocycles. The van der Waals surface area contributed by atoms with E-state index in [1.54, 1.807) is 0 Å². The van der Waals surface area contributed by atoms with Crippen molar-refractivity contribution in [1.29, 1.82) is 0 Å². The summed E-state index contributed by atoms with van der Waals surface area (Å²) in [4.78, 5) is 12.7. The lowest BCUT2D eigenvalue weighted by Gasteiger charge is -2.37. The van der Waals surface area contributed by atoms with Crippen molar-refractivity contribution >= 4 is 16.4 Å². The first-order valence-electron chi connectivity index (χ1n) is 9.58. The number of hydrogen-bond donors (Lipinski definition) is 0. The van der Waals surface area contributed by atoms with E-state index in [4.69, 9.17) is 4.74 Å². The minimum Gasteiger partial charge on any atom is -0.726 e. The number of benzene rings is 1. The number of likely N-dealkylation sites (tertiary alicyclic amines) is 1. The Morgan fingerprint density at radius 1 is 1.21 bits per heavy atom. The molecule has 160 valence electrons. The van der Waals surface area contributed by atoms with E-state index in [0.29, 0.717) is 5.92 Å². The molecule has 28 heavy (non-hydrogen) atoms. The smallest absolute Gasteiger partial charge is 0.313 e. The van der Waals surface area contributed by atoms with Crippen molar-refractivity contribution < 1.29 is 31.2 Å². The lowest BCUT2D eigenvalue weighted by molar-refractivity contribution is -0.896. The second-order valence-electron chi connectivity index (χ2n) is 7.87. The van der Waals surface area contributed by atoms with Crippen molar-refractivity contribution in [3.8, 4) is 0 Å². The summed E-state index contributed by atoms with van der Waals surface area (Å²) in [7, 11) is 0.876. The summed E-state index contributed by atoms with van der Waals surface area (Å²) in [5.41, 5.74) is 1.08. The van der Waals surface area contributed by atoms with Crippen LogP contribution in [0.25, 0.3) is 0 Å². The summed E-state index contributed by atoms with van der Waals surface area (Å²) in [6.45, 7) is 6.43. The van der Waals surface area contributed by atoms with Crippen molar-refractivity contribution in [1.82, 2.24) is 0 Å². The van der Waals surface area contributed by atoms with E-state index in [-0.39, 0.29) is 18.0 Å². The molecular weight excluding hydrogens is 382 g/mol. The Morgan fingerprint density at radius 3 is 2.14 bits per heavy atom. The van der Waals surface area contributed by atoms with Gasteiger partial charge in [0.2, 0.25) is 10.4 Å². The molecule has 1 fully saturated rings. The summed E-state index contributed by atoms with van der Waals surface area (Å²) in [6.07, 6.45) is 3.01. The lowest BCUT2D eigenvalue weighted by atomic mass is 9.85. The highest BCUT2D eigenvalue weighted by Crippen LogP contribution is 2.30. The molecule has 1 saturated heterocycles. The first-order chi connectivity index (χ1) is 13.0. The predicted molar refractivity (Wildman–Crippen MR) is 106 cm³/mol. The number of quaternary nitrogens is 1. The topological polar surface area (TPSA) is 92.7 Å². The molecular formula is C20H33NO6S. The van der Waals surface area contributed by atoms with Crippen LogP contribution in [0.15, 0.2) is 30.3 Å². The molecule has 1 heterocycles. The molecule has 0 aliphatic carbocycles. The number of ether oxygens (including phenoxy) is 1. The van der Waals surface area contributed by atoms with Crippen LogP contribution in [0.1, 0.15) is 44.6 Å². The van der Waals surface area contributed by atoms with E-state index in [2.05, 4.69) is 32.1 Å². The fourth-order valence-corrected chi connectivity index (χ4v) is 3.19. The van der Waals surface area contributed by atoms with Crippen LogP contribution >= 0.6 is 0 Å². The van der Waals surface area contributed by atoms with Crippen LogP contribution in [0.3, 0.4) is 0 Å². The lowest BCUT2D eigenvalue weighted by Crippen LogP contribution is -2.48. The molecule has 0 bridgehead atoms. The van der Waals surface area contributed by atoms with Gasteiger partial charge in [-0.2, -0.15) is 0 Å². The Bertz CT molecular complexity index is 695. The number of nitrogens with zero attached hydrogens (tertiary/aromatic N) is 1. The fraction of sp³-hybridized carbons (Fsp3) is 0.650. The predicted octanol–water partition coefficient (Wildman–Crippen LogP) is 2.69. The van der Waals surface area contributed by atoms with Crippen LogP contribution in [0, 0.1) is 5.92 Å². The quantitative estimate of drug-likeness (QED) is 0.307. The van der Waals surface area contributed by atoms with Gasteiger partial charge in [-0.3, -0.25) is 8.98 Å².